The predicted molar refractivity (Wildman–Crippen MR) is 88.6 cm³/mol. The van der Waals surface area contributed by atoms with E-state index in [2.05, 4.69) is 5.32 Å². The lowest BCUT2D eigenvalue weighted by atomic mass is 9.88. The Hall–Kier alpha value is -1.88. The summed E-state index contributed by atoms with van der Waals surface area (Å²) in [5.41, 5.74) is -0.431. The highest BCUT2D eigenvalue weighted by Gasteiger charge is 2.50. The average Bonchev–Trinajstić information content (AvgIpc) is 2.73. The van der Waals surface area contributed by atoms with Gasteiger partial charge in [-0.25, -0.2) is 4.79 Å². The van der Waals surface area contributed by atoms with Gasteiger partial charge in [0.15, 0.2) is 5.78 Å². The molecule has 1 N–H and O–H groups in total. The second-order valence-electron chi connectivity index (χ2n) is 5.83. The van der Waals surface area contributed by atoms with Crippen molar-refractivity contribution >= 4 is 29.3 Å². The zero-order valence-corrected chi connectivity index (χ0v) is 14.2. The molecule has 2 rings (SSSR count). The van der Waals surface area contributed by atoms with Crippen LogP contribution in [0.4, 0.5) is 4.79 Å². The summed E-state index contributed by atoms with van der Waals surface area (Å²) in [4.78, 5) is 38.2. The molecule has 1 fully saturated rings. The van der Waals surface area contributed by atoms with Gasteiger partial charge in [-0.05, 0) is 37.1 Å². The van der Waals surface area contributed by atoms with Gasteiger partial charge in [0.1, 0.15) is 5.54 Å². The van der Waals surface area contributed by atoms with E-state index in [1.165, 1.54) is 0 Å². The first-order valence-corrected chi connectivity index (χ1v) is 8.24. The van der Waals surface area contributed by atoms with Gasteiger partial charge in [-0.2, -0.15) is 0 Å². The summed E-state index contributed by atoms with van der Waals surface area (Å²) in [6.07, 6.45) is 2.73. The van der Waals surface area contributed by atoms with Crippen molar-refractivity contribution in [3.63, 3.8) is 0 Å². The number of nitrogens with one attached hydrogen (secondary N) is 1. The Bertz CT molecular complexity index is 607. The standard InChI is InChI=1S/C17H21ClN2O3/c1-3-9-17(10-4-2)15(22)20(16(23)19-17)11-14(21)12-5-7-13(18)8-6-12/h5-8H,3-4,9-11H2,1-2H3,(H,19,23). The molecule has 1 aliphatic heterocycles. The first kappa shape index (κ1) is 17.5. The van der Waals surface area contributed by atoms with E-state index in [0.717, 1.165) is 17.7 Å². The van der Waals surface area contributed by atoms with Gasteiger partial charge in [0.2, 0.25) is 0 Å². The molecule has 0 aliphatic carbocycles. The van der Waals surface area contributed by atoms with Gasteiger partial charge >= 0.3 is 6.03 Å². The third-order valence-corrected chi connectivity index (χ3v) is 4.32. The normalized spacial score (nSPS) is 16.6. The number of nitrogens with zero attached hydrogens (tertiary/aromatic N) is 1. The van der Waals surface area contributed by atoms with E-state index in [0.29, 0.717) is 23.4 Å². The maximum Gasteiger partial charge on any atom is 0.325 e. The summed E-state index contributed by atoms with van der Waals surface area (Å²) in [5.74, 6) is -0.581. The molecular formula is C17H21ClN2O3. The molecule has 1 aromatic carbocycles. The van der Waals surface area contributed by atoms with Crippen molar-refractivity contribution in [2.75, 3.05) is 6.54 Å². The molecule has 3 amide bonds. The second-order valence-corrected chi connectivity index (χ2v) is 6.27. The van der Waals surface area contributed by atoms with Crippen molar-refractivity contribution in [2.24, 2.45) is 0 Å². The van der Waals surface area contributed by atoms with Crippen LogP contribution in [0.5, 0.6) is 0 Å². The van der Waals surface area contributed by atoms with Gasteiger partial charge in [0, 0.05) is 10.6 Å². The molecule has 124 valence electrons. The third kappa shape index (κ3) is 3.55. The number of ketones is 1. The number of carbonyl (C=O) groups excluding carboxylic acids is 3. The number of hydrogen-bond donors (Lipinski definition) is 1. The van der Waals surface area contributed by atoms with E-state index >= 15 is 0 Å². The van der Waals surface area contributed by atoms with E-state index in [-0.39, 0.29) is 18.2 Å². The Morgan fingerprint density at radius 1 is 1.13 bits per heavy atom. The van der Waals surface area contributed by atoms with Crippen LogP contribution >= 0.6 is 11.6 Å². The molecule has 6 heteroatoms. The Morgan fingerprint density at radius 3 is 2.22 bits per heavy atom. The van der Waals surface area contributed by atoms with Crippen molar-refractivity contribution in [1.82, 2.24) is 10.2 Å². The fourth-order valence-corrected chi connectivity index (χ4v) is 3.13. The van der Waals surface area contributed by atoms with Crippen LogP contribution in [-0.2, 0) is 4.79 Å². The lowest BCUT2D eigenvalue weighted by Gasteiger charge is -2.25. The number of rotatable bonds is 7. The molecule has 0 spiro atoms. The monoisotopic (exact) mass is 336 g/mol. The summed E-state index contributed by atoms with van der Waals surface area (Å²) in [6.45, 7) is 3.69. The number of halogens is 1. The lowest BCUT2D eigenvalue weighted by Crippen LogP contribution is -2.47. The third-order valence-electron chi connectivity index (χ3n) is 4.07. The first-order chi connectivity index (χ1) is 10.9. The number of urea groups is 1. The van der Waals surface area contributed by atoms with E-state index in [1.807, 2.05) is 13.8 Å². The lowest BCUT2D eigenvalue weighted by molar-refractivity contribution is -0.131. The molecule has 1 saturated heterocycles. The topological polar surface area (TPSA) is 66.5 Å². The molecule has 0 unspecified atom stereocenters. The highest BCUT2D eigenvalue weighted by Crippen LogP contribution is 2.28. The zero-order valence-electron chi connectivity index (χ0n) is 13.4. The van der Waals surface area contributed by atoms with Crippen molar-refractivity contribution in [3.8, 4) is 0 Å². The minimum atomic E-state index is -0.860. The first-order valence-electron chi connectivity index (χ1n) is 7.86. The van der Waals surface area contributed by atoms with Crippen molar-refractivity contribution in [2.45, 2.75) is 45.1 Å². The fourth-order valence-electron chi connectivity index (χ4n) is 3.01. The van der Waals surface area contributed by atoms with Crippen LogP contribution in [0.3, 0.4) is 0 Å². The predicted octanol–water partition coefficient (Wildman–Crippen LogP) is 3.41. The van der Waals surface area contributed by atoms with Crippen LogP contribution in [0.1, 0.15) is 49.9 Å². The van der Waals surface area contributed by atoms with Gasteiger partial charge in [0.05, 0.1) is 6.54 Å². The van der Waals surface area contributed by atoms with Crippen LogP contribution in [0.15, 0.2) is 24.3 Å². The molecule has 1 aliphatic rings. The number of benzene rings is 1. The Morgan fingerprint density at radius 2 is 1.70 bits per heavy atom. The van der Waals surface area contributed by atoms with Crippen molar-refractivity contribution in [1.29, 1.82) is 0 Å². The number of Topliss-reactive ketones (excluding diaryl/α,β-unsaturated/α-hetero) is 1. The minimum Gasteiger partial charge on any atom is -0.323 e. The summed E-state index contributed by atoms with van der Waals surface area (Å²) in [5, 5.41) is 3.33. The fraction of sp³-hybridized carbons (Fsp3) is 0.471. The smallest absolute Gasteiger partial charge is 0.323 e. The molecule has 0 saturated carbocycles. The molecule has 0 radical (unpaired) electrons. The van der Waals surface area contributed by atoms with Crippen LogP contribution < -0.4 is 5.32 Å². The van der Waals surface area contributed by atoms with Gasteiger partial charge in [-0.3, -0.25) is 14.5 Å². The highest BCUT2D eigenvalue weighted by atomic mass is 35.5. The molecule has 5 nitrogen and oxygen atoms in total. The van der Waals surface area contributed by atoms with Gasteiger partial charge in [0.25, 0.3) is 5.91 Å². The molecule has 0 atom stereocenters. The molecule has 0 bridgehead atoms. The summed E-state index contributed by atoms with van der Waals surface area (Å²) in [7, 11) is 0. The Labute approximate surface area is 141 Å². The van der Waals surface area contributed by atoms with Crippen LogP contribution in [0.25, 0.3) is 0 Å². The maximum atomic E-state index is 12.7. The van der Waals surface area contributed by atoms with Crippen molar-refractivity contribution in [3.05, 3.63) is 34.9 Å². The number of amides is 3. The maximum absolute atomic E-state index is 12.7. The minimum absolute atomic E-state index is 0.249. The van der Waals surface area contributed by atoms with Gasteiger partial charge in [-0.15, -0.1) is 0 Å². The quantitative estimate of drug-likeness (QED) is 0.613. The van der Waals surface area contributed by atoms with E-state index in [9.17, 15) is 14.4 Å². The SMILES string of the molecule is CCCC1(CCC)NC(=O)N(CC(=O)c2ccc(Cl)cc2)C1=O. The molecule has 1 heterocycles. The Kier molecular flexibility index (Phi) is 5.42. The summed E-state index contributed by atoms with van der Waals surface area (Å²) in [6, 6.07) is 5.92. The zero-order chi connectivity index (χ0) is 17.0. The summed E-state index contributed by atoms with van der Waals surface area (Å²) < 4.78 is 0. The molecular weight excluding hydrogens is 316 g/mol. The van der Waals surface area contributed by atoms with Crippen LogP contribution in [0, 0.1) is 0 Å². The van der Waals surface area contributed by atoms with E-state index < -0.39 is 11.6 Å². The second kappa shape index (κ2) is 7.13. The number of imide groups is 1. The summed E-state index contributed by atoms with van der Waals surface area (Å²) >= 11 is 5.80. The molecule has 1 aromatic rings. The Balaban J connectivity index is 2.16. The number of carbonyl (C=O) groups is 3. The van der Waals surface area contributed by atoms with Gasteiger partial charge < -0.3 is 5.32 Å². The molecule has 0 aromatic heterocycles. The van der Waals surface area contributed by atoms with E-state index in [4.69, 9.17) is 11.6 Å². The molecule has 23 heavy (non-hydrogen) atoms. The van der Waals surface area contributed by atoms with Crippen LogP contribution in [0.2, 0.25) is 5.02 Å². The van der Waals surface area contributed by atoms with Gasteiger partial charge in [-0.1, -0.05) is 38.3 Å². The van der Waals surface area contributed by atoms with Crippen molar-refractivity contribution < 1.29 is 14.4 Å². The van der Waals surface area contributed by atoms with E-state index in [1.54, 1.807) is 24.3 Å². The average molecular weight is 337 g/mol. The number of hydrogen-bond acceptors (Lipinski definition) is 3. The largest absolute Gasteiger partial charge is 0.325 e. The van der Waals surface area contributed by atoms with Crippen LogP contribution in [-0.4, -0.2) is 34.7 Å². The highest BCUT2D eigenvalue weighted by molar-refractivity contribution is 6.30.